The minimum Gasteiger partial charge on any atom is -0.396 e. The van der Waals surface area contributed by atoms with Crippen LogP contribution in [0.3, 0.4) is 0 Å². The largest absolute Gasteiger partial charge is 0.396 e. The highest BCUT2D eigenvalue weighted by molar-refractivity contribution is 5.81. The van der Waals surface area contributed by atoms with Gasteiger partial charge in [-0.2, -0.15) is 9.97 Å². The van der Waals surface area contributed by atoms with E-state index in [2.05, 4.69) is 39.6 Å². The molecule has 0 saturated heterocycles. The van der Waals surface area contributed by atoms with Crippen LogP contribution in [-0.2, 0) is 0 Å². The first-order chi connectivity index (χ1) is 9.93. The number of aliphatic hydroxyl groups is 1. The summed E-state index contributed by atoms with van der Waals surface area (Å²) in [6, 6.07) is 0. The summed E-state index contributed by atoms with van der Waals surface area (Å²) in [5.41, 5.74) is 15.5. The molecule has 0 bridgehead atoms. The van der Waals surface area contributed by atoms with E-state index in [9.17, 15) is 5.11 Å². The average molecular weight is 292 g/mol. The van der Waals surface area contributed by atoms with Crippen molar-refractivity contribution in [2.75, 3.05) is 30.0 Å². The van der Waals surface area contributed by atoms with Crippen molar-refractivity contribution in [3.05, 3.63) is 0 Å². The number of aliphatic hydroxyl groups excluding tert-OH is 1. The van der Waals surface area contributed by atoms with Gasteiger partial charge in [-0.3, -0.25) is 0 Å². The molecule has 0 aromatic carbocycles. The Bertz CT molecular complexity index is 667. The zero-order valence-electron chi connectivity index (χ0n) is 12.1. The Labute approximate surface area is 121 Å². The molecule has 1 aliphatic carbocycles. The number of hydrogen-bond donors (Lipinski definition) is 4. The third-order valence-electron chi connectivity index (χ3n) is 4.73. The van der Waals surface area contributed by atoms with Gasteiger partial charge in [-0.15, -0.1) is 9.89 Å². The predicted molar refractivity (Wildman–Crippen MR) is 78.6 cm³/mol. The highest BCUT2D eigenvalue weighted by Crippen LogP contribution is 2.50. The molecule has 21 heavy (non-hydrogen) atoms. The Morgan fingerprint density at radius 3 is 2.76 bits per heavy atom. The van der Waals surface area contributed by atoms with E-state index in [0.29, 0.717) is 29.5 Å². The first-order valence-corrected chi connectivity index (χ1v) is 6.92. The zero-order valence-corrected chi connectivity index (χ0v) is 12.1. The summed E-state index contributed by atoms with van der Waals surface area (Å²) in [7, 11) is 0. The molecule has 2 atom stereocenters. The second kappa shape index (κ2) is 4.69. The van der Waals surface area contributed by atoms with E-state index in [1.54, 1.807) is 0 Å². The first-order valence-electron chi connectivity index (χ1n) is 6.92. The molecule has 9 nitrogen and oxygen atoms in total. The van der Waals surface area contributed by atoms with Crippen molar-refractivity contribution in [1.82, 2.24) is 25.1 Å². The van der Waals surface area contributed by atoms with Gasteiger partial charge >= 0.3 is 0 Å². The predicted octanol–water partition coefficient (Wildman–Crippen LogP) is -0.416. The van der Waals surface area contributed by atoms with Gasteiger partial charge in [0.05, 0.1) is 0 Å². The number of rotatable bonds is 4. The third-order valence-corrected chi connectivity index (χ3v) is 4.73. The fourth-order valence-electron chi connectivity index (χ4n) is 2.94. The summed E-state index contributed by atoms with van der Waals surface area (Å²) < 4.78 is 0. The molecule has 2 aromatic heterocycles. The summed E-state index contributed by atoms with van der Waals surface area (Å²) in [6.07, 6.45) is 0.988. The van der Waals surface area contributed by atoms with Crippen molar-refractivity contribution in [2.45, 2.75) is 20.3 Å². The summed E-state index contributed by atoms with van der Waals surface area (Å²) in [5, 5.41) is 17.2. The molecule has 2 aromatic rings. The van der Waals surface area contributed by atoms with Gasteiger partial charge in [-0.05, 0) is 28.9 Å². The molecule has 1 saturated carbocycles. The van der Waals surface area contributed by atoms with E-state index in [1.165, 1.54) is 4.79 Å². The maximum absolute atomic E-state index is 9.30. The molecule has 114 valence electrons. The van der Waals surface area contributed by atoms with Crippen LogP contribution in [0.25, 0.3) is 11.2 Å². The average Bonchev–Trinajstić information content (AvgIpc) is 2.81. The number of nitrogens with zero attached hydrogens (tertiary/aromatic N) is 5. The molecule has 1 aliphatic rings. The van der Waals surface area contributed by atoms with E-state index in [-0.39, 0.29) is 23.8 Å². The molecule has 2 heterocycles. The van der Waals surface area contributed by atoms with Crippen LogP contribution in [0, 0.1) is 17.3 Å². The molecule has 3 rings (SSSR count). The summed E-state index contributed by atoms with van der Waals surface area (Å²) in [4.78, 5) is 9.44. The van der Waals surface area contributed by atoms with Crippen molar-refractivity contribution < 1.29 is 5.11 Å². The highest BCUT2D eigenvalue weighted by Gasteiger charge is 2.47. The molecule has 0 aliphatic heterocycles. The van der Waals surface area contributed by atoms with Crippen molar-refractivity contribution in [3.8, 4) is 0 Å². The Morgan fingerprint density at radius 1 is 1.33 bits per heavy atom. The van der Waals surface area contributed by atoms with Gasteiger partial charge in [-0.1, -0.05) is 13.8 Å². The molecule has 9 heteroatoms. The number of anilines is 2. The Kier molecular flexibility index (Phi) is 3.08. The molecule has 0 amide bonds. The maximum atomic E-state index is 9.30. The van der Waals surface area contributed by atoms with Crippen molar-refractivity contribution in [3.63, 3.8) is 0 Å². The van der Waals surface area contributed by atoms with Gasteiger partial charge in [0.2, 0.25) is 11.6 Å². The second-order valence-corrected chi connectivity index (χ2v) is 6.14. The molecule has 6 N–H and O–H groups in total. The molecule has 0 radical (unpaired) electrons. The Morgan fingerprint density at radius 2 is 2.10 bits per heavy atom. The van der Waals surface area contributed by atoms with E-state index < -0.39 is 0 Å². The van der Waals surface area contributed by atoms with Crippen LogP contribution in [0.5, 0.6) is 0 Å². The Balaban J connectivity index is 1.75. The second-order valence-electron chi connectivity index (χ2n) is 6.14. The van der Waals surface area contributed by atoms with Crippen LogP contribution < -0.4 is 16.9 Å². The minimum atomic E-state index is 0.0923. The number of nitrogens with two attached hydrogens (primary N) is 2. The summed E-state index contributed by atoms with van der Waals surface area (Å²) in [5.74, 6) is 1.11. The van der Waals surface area contributed by atoms with Gasteiger partial charge in [0.25, 0.3) is 0 Å². The zero-order chi connectivity index (χ0) is 15.2. The minimum absolute atomic E-state index is 0.0923. The van der Waals surface area contributed by atoms with E-state index >= 15 is 0 Å². The third kappa shape index (κ3) is 2.13. The number of hydrogen-bond acceptors (Lipinski definition) is 8. The van der Waals surface area contributed by atoms with E-state index in [0.717, 1.165) is 6.42 Å². The van der Waals surface area contributed by atoms with Gasteiger partial charge in [0.1, 0.15) is 0 Å². The monoisotopic (exact) mass is 292 g/mol. The molecule has 0 unspecified atom stereocenters. The normalized spacial score (nSPS) is 24.0. The lowest BCUT2D eigenvalue weighted by Crippen LogP contribution is -2.50. The fourth-order valence-corrected chi connectivity index (χ4v) is 2.94. The van der Waals surface area contributed by atoms with Gasteiger partial charge in [0, 0.05) is 13.2 Å². The maximum Gasteiger partial charge on any atom is 0.224 e. The van der Waals surface area contributed by atoms with Gasteiger partial charge in [0.15, 0.2) is 11.3 Å². The highest BCUT2D eigenvalue weighted by atomic mass is 16.3. The lowest BCUT2D eigenvalue weighted by Gasteiger charge is -2.51. The molecule has 0 spiro atoms. The lowest BCUT2D eigenvalue weighted by molar-refractivity contribution is -0.0454. The lowest BCUT2D eigenvalue weighted by atomic mass is 9.55. The topological polar surface area (TPSA) is 141 Å². The van der Waals surface area contributed by atoms with E-state index in [1.807, 2.05) is 0 Å². The summed E-state index contributed by atoms with van der Waals surface area (Å²) in [6.45, 7) is 5.28. The van der Waals surface area contributed by atoms with Crippen molar-refractivity contribution >= 4 is 22.9 Å². The van der Waals surface area contributed by atoms with Crippen LogP contribution in [0.2, 0.25) is 0 Å². The van der Waals surface area contributed by atoms with Gasteiger partial charge in [-0.25, -0.2) is 0 Å². The van der Waals surface area contributed by atoms with Crippen LogP contribution >= 0.6 is 0 Å². The smallest absolute Gasteiger partial charge is 0.224 e. The summed E-state index contributed by atoms with van der Waals surface area (Å²) >= 11 is 0. The van der Waals surface area contributed by atoms with Crippen LogP contribution in [0.1, 0.15) is 20.3 Å². The van der Waals surface area contributed by atoms with Crippen LogP contribution in [0.15, 0.2) is 0 Å². The fraction of sp³-hybridized carbons (Fsp3) is 0.667. The number of nitrogen functional groups attached to an aromatic ring is 2. The standard InChI is InChI=1S/C12H20N8O/c1-12(2)6(3-7(12)5-21)4-15-20-10-8(18-19-20)9(13)16-11(14)17-10/h6-7,15,21H,3-5H2,1-2H3,(H4,13,14,16,17)/t6-,7+/m1/s1. The van der Waals surface area contributed by atoms with E-state index in [4.69, 9.17) is 11.5 Å². The molecular weight excluding hydrogens is 272 g/mol. The van der Waals surface area contributed by atoms with Crippen molar-refractivity contribution in [2.24, 2.45) is 17.3 Å². The first kappa shape index (κ1) is 13.8. The number of aromatic nitrogens is 5. The number of nitrogens with one attached hydrogen (secondary N) is 1. The van der Waals surface area contributed by atoms with Crippen LogP contribution in [0.4, 0.5) is 11.8 Å². The van der Waals surface area contributed by atoms with Crippen molar-refractivity contribution in [1.29, 1.82) is 0 Å². The SMILES string of the molecule is CC1(C)[C@H](CO)C[C@@H]1CNn1nnc2c(N)nc(N)nc21. The quantitative estimate of drug-likeness (QED) is 0.595. The molecule has 1 fully saturated rings. The van der Waals surface area contributed by atoms with Crippen LogP contribution in [-0.4, -0.2) is 43.3 Å². The Hall–Kier alpha value is -2.16. The molecular formula is C12H20N8O. The number of fused-ring (bicyclic) bond motifs is 1. The van der Waals surface area contributed by atoms with Gasteiger partial charge < -0.3 is 22.0 Å².